The molecule has 1 fully saturated rings. The minimum absolute atomic E-state index is 0.0604. The van der Waals surface area contributed by atoms with E-state index >= 15 is 0 Å². The maximum atomic E-state index is 11.7. The lowest BCUT2D eigenvalue weighted by Gasteiger charge is -2.26. The third-order valence-electron chi connectivity index (χ3n) is 3.42. The van der Waals surface area contributed by atoms with Crippen molar-refractivity contribution in [3.05, 3.63) is 0 Å². The number of carbonyl (C=O) groups excluding carboxylic acids is 1. The fourth-order valence-electron chi connectivity index (χ4n) is 1.96. The lowest BCUT2D eigenvalue weighted by Crippen LogP contribution is -2.54. The van der Waals surface area contributed by atoms with Crippen LogP contribution in [0.25, 0.3) is 0 Å². The Kier molecular flexibility index (Phi) is 4.44. The van der Waals surface area contributed by atoms with Crippen LogP contribution in [0.4, 0.5) is 4.79 Å². The molecule has 3 N–H and O–H groups in total. The molecule has 1 saturated heterocycles. The van der Waals surface area contributed by atoms with Gasteiger partial charge in [0.15, 0.2) is 9.84 Å². The van der Waals surface area contributed by atoms with Crippen LogP contribution in [0.1, 0.15) is 27.2 Å². The highest BCUT2D eigenvalue weighted by Crippen LogP contribution is 2.22. The summed E-state index contributed by atoms with van der Waals surface area (Å²) in [6.45, 7) is 4.75. The van der Waals surface area contributed by atoms with Crippen molar-refractivity contribution in [2.75, 3.05) is 11.5 Å². The molecule has 1 aliphatic rings. The summed E-state index contributed by atoms with van der Waals surface area (Å²) < 4.78 is 22.8. The highest BCUT2D eigenvalue weighted by Gasteiger charge is 2.39. The summed E-state index contributed by atoms with van der Waals surface area (Å²) in [6.07, 6.45) is 0.367. The number of urea groups is 1. The molecule has 8 heteroatoms. The van der Waals surface area contributed by atoms with Gasteiger partial charge >= 0.3 is 12.0 Å². The summed E-state index contributed by atoms with van der Waals surface area (Å²) in [7, 11) is -3.09. The third-order valence-corrected chi connectivity index (χ3v) is 5.32. The minimum Gasteiger partial charge on any atom is -0.481 e. The van der Waals surface area contributed by atoms with E-state index in [4.69, 9.17) is 5.11 Å². The number of carbonyl (C=O) groups is 2. The van der Waals surface area contributed by atoms with Crippen LogP contribution >= 0.6 is 0 Å². The predicted octanol–water partition coefficient (Wildman–Crippen LogP) is -0.0280. The average Bonchev–Trinajstić information content (AvgIpc) is 2.50. The number of nitrogens with one attached hydrogen (secondary N) is 2. The van der Waals surface area contributed by atoms with E-state index in [-0.39, 0.29) is 11.5 Å². The Morgan fingerprint density at radius 3 is 2.32 bits per heavy atom. The third kappa shape index (κ3) is 4.38. The lowest BCUT2D eigenvalue weighted by atomic mass is 10.0. The first-order valence-corrected chi connectivity index (χ1v) is 7.89. The molecule has 7 nitrogen and oxygen atoms in total. The zero-order valence-electron chi connectivity index (χ0n) is 11.3. The van der Waals surface area contributed by atoms with Crippen molar-refractivity contribution in [2.45, 2.75) is 38.8 Å². The van der Waals surface area contributed by atoms with Crippen molar-refractivity contribution in [2.24, 2.45) is 5.92 Å². The van der Waals surface area contributed by atoms with Gasteiger partial charge in [-0.1, -0.05) is 0 Å². The van der Waals surface area contributed by atoms with Gasteiger partial charge in [-0.25, -0.2) is 13.2 Å². The van der Waals surface area contributed by atoms with Crippen molar-refractivity contribution in [3.8, 4) is 0 Å². The molecule has 3 atom stereocenters. The average molecular weight is 292 g/mol. The first-order chi connectivity index (χ1) is 8.55. The van der Waals surface area contributed by atoms with E-state index in [1.165, 1.54) is 6.92 Å². The number of hydrogen-bond donors (Lipinski definition) is 3. The van der Waals surface area contributed by atoms with Gasteiger partial charge in [0, 0.05) is 6.04 Å². The first-order valence-electron chi connectivity index (χ1n) is 6.07. The van der Waals surface area contributed by atoms with Crippen molar-refractivity contribution < 1.29 is 23.1 Å². The molecule has 0 aromatic heterocycles. The molecule has 0 saturated carbocycles. The van der Waals surface area contributed by atoms with Gasteiger partial charge in [-0.05, 0) is 27.2 Å². The van der Waals surface area contributed by atoms with E-state index in [0.29, 0.717) is 6.42 Å². The molecule has 0 radical (unpaired) electrons. The number of aliphatic carboxylic acids is 1. The topological polar surface area (TPSA) is 113 Å². The zero-order valence-corrected chi connectivity index (χ0v) is 12.1. The van der Waals surface area contributed by atoms with Crippen molar-refractivity contribution in [3.63, 3.8) is 0 Å². The molecule has 0 aromatic carbocycles. The van der Waals surface area contributed by atoms with Gasteiger partial charge in [0.05, 0.1) is 23.0 Å². The maximum absolute atomic E-state index is 11.7. The van der Waals surface area contributed by atoms with E-state index in [1.807, 2.05) is 0 Å². The van der Waals surface area contributed by atoms with E-state index in [0.717, 1.165) is 0 Å². The smallest absolute Gasteiger partial charge is 0.315 e. The molecule has 1 rings (SSSR count). The molecular weight excluding hydrogens is 272 g/mol. The maximum Gasteiger partial charge on any atom is 0.315 e. The summed E-state index contributed by atoms with van der Waals surface area (Å²) in [5, 5.41) is 13.9. The lowest BCUT2D eigenvalue weighted by molar-refractivity contribution is -0.141. The molecular formula is C11H20N2O5S. The van der Waals surface area contributed by atoms with Crippen LogP contribution in [0.3, 0.4) is 0 Å². The number of carboxylic acids is 1. The van der Waals surface area contributed by atoms with Crippen molar-refractivity contribution in [1.29, 1.82) is 0 Å². The SMILES string of the molecule is CC(NC(=O)NC1(C)CCS(=O)(=O)C1)C(C)C(=O)O. The van der Waals surface area contributed by atoms with Crippen LogP contribution in [0.5, 0.6) is 0 Å². The van der Waals surface area contributed by atoms with E-state index in [2.05, 4.69) is 10.6 Å². The Morgan fingerprint density at radius 1 is 1.32 bits per heavy atom. The normalized spacial score (nSPS) is 28.4. The number of sulfone groups is 1. The number of hydrogen-bond acceptors (Lipinski definition) is 4. The fraction of sp³-hybridized carbons (Fsp3) is 0.818. The van der Waals surface area contributed by atoms with Crippen LogP contribution in [-0.2, 0) is 14.6 Å². The molecule has 0 aromatic rings. The Bertz CT molecular complexity index is 475. The predicted molar refractivity (Wildman–Crippen MR) is 69.6 cm³/mol. The number of amides is 2. The second kappa shape index (κ2) is 5.36. The minimum atomic E-state index is -3.09. The summed E-state index contributed by atoms with van der Waals surface area (Å²) in [4.78, 5) is 22.5. The van der Waals surface area contributed by atoms with Gasteiger partial charge in [0.25, 0.3) is 0 Å². The van der Waals surface area contributed by atoms with Gasteiger partial charge in [0.2, 0.25) is 0 Å². The van der Waals surface area contributed by atoms with Gasteiger partial charge in [-0.3, -0.25) is 4.79 Å². The summed E-state index contributed by atoms with van der Waals surface area (Å²) in [5.41, 5.74) is -0.783. The molecule has 0 bridgehead atoms. The van der Waals surface area contributed by atoms with Gasteiger partial charge < -0.3 is 15.7 Å². The highest BCUT2D eigenvalue weighted by molar-refractivity contribution is 7.91. The van der Waals surface area contributed by atoms with Crippen LogP contribution in [0, 0.1) is 5.92 Å². The largest absolute Gasteiger partial charge is 0.481 e. The van der Waals surface area contributed by atoms with Gasteiger partial charge in [-0.15, -0.1) is 0 Å². The fourth-order valence-corrected chi connectivity index (χ4v) is 4.06. The molecule has 19 heavy (non-hydrogen) atoms. The van der Waals surface area contributed by atoms with Crippen molar-refractivity contribution in [1.82, 2.24) is 10.6 Å². The van der Waals surface area contributed by atoms with E-state index < -0.39 is 39.3 Å². The van der Waals surface area contributed by atoms with Gasteiger partial charge in [-0.2, -0.15) is 0 Å². The second-order valence-electron chi connectivity index (χ2n) is 5.42. The van der Waals surface area contributed by atoms with Crippen molar-refractivity contribution >= 4 is 21.8 Å². The standard InChI is InChI=1S/C11H20N2O5S/c1-7(9(14)15)8(2)12-10(16)13-11(3)4-5-19(17,18)6-11/h7-8H,4-6H2,1-3H3,(H,14,15)(H2,12,13,16). The second-order valence-corrected chi connectivity index (χ2v) is 7.60. The number of carboxylic acid groups (broad SMARTS) is 1. The van der Waals surface area contributed by atoms with E-state index in [1.54, 1.807) is 13.8 Å². The van der Waals surface area contributed by atoms with E-state index in [9.17, 15) is 18.0 Å². The molecule has 1 aliphatic heterocycles. The Balaban J connectivity index is 2.55. The monoisotopic (exact) mass is 292 g/mol. The van der Waals surface area contributed by atoms with Crippen LogP contribution in [0.2, 0.25) is 0 Å². The number of rotatable bonds is 4. The Morgan fingerprint density at radius 2 is 1.89 bits per heavy atom. The Hall–Kier alpha value is -1.31. The van der Waals surface area contributed by atoms with Crippen LogP contribution in [-0.4, -0.2) is 48.6 Å². The Labute approximate surface area is 112 Å². The van der Waals surface area contributed by atoms with Crippen LogP contribution in [0.15, 0.2) is 0 Å². The van der Waals surface area contributed by atoms with Crippen LogP contribution < -0.4 is 10.6 Å². The zero-order chi connectivity index (χ0) is 14.8. The molecule has 0 aliphatic carbocycles. The quantitative estimate of drug-likeness (QED) is 0.673. The summed E-state index contributed by atoms with van der Waals surface area (Å²) in [5.74, 6) is -1.74. The summed E-state index contributed by atoms with van der Waals surface area (Å²) >= 11 is 0. The molecule has 110 valence electrons. The highest BCUT2D eigenvalue weighted by atomic mass is 32.2. The summed E-state index contributed by atoms with van der Waals surface area (Å²) in [6, 6.07) is -1.08. The molecule has 0 spiro atoms. The van der Waals surface area contributed by atoms with Gasteiger partial charge in [0.1, 0.15) is 0 Å². The first kappa shape index (κ1) is 15.7. The molecule has 2 amide bonds. The molecule has 1 heterocycles. The molecule has 3 unspecified atom stereocenters.